The summed E-state index contributed by atoms with van der Waals surface area (Å²) in [6.07, 6.45) is 7.32. The molecule has 15 heavy (non-hydrogen) atoms. The average Bonchev–Trinajstić information content (AvgIpc) is 2.17. The van der Waals surface area contributed by atoms with E-state index in [9.17, 15) is 5.11 Å². The highest BCUT2D eigenvalue weighted by Crippen LogP contribution is 2.48. The predicted molar refractivity (Wildman–Crippen MR) is 63.6 cm³/mol. The van der Waals surface area contributed by atoms with Crippen LogP contribution in [0.1, 0.15) is 52.4 Å². The Kier molecular flexibility index (Phi) is 2.94. The SMILES string of the molecule is C=C(C)[C@H]1CC[C@H]2CCC[C@](C)(O)[C@H]2C1. The van der Waals surface area contributed by atoms with Crippen molar-refractivity contribution < 1.29 is 5.11 Å². The van der Waals surface area contributed by atoms with E-state index in [1.807, 2.05) is 6.92 Å². The topological polar surface area (TPSA) is 20.2 Å². The Bertz CT molecular complexity index is 254. The van der Waals surface area contributed by atoms with Crippen LogP contribution in [0.25, 0.3) is 0 Å². The fourth-order valence-corrected chi connectivity index (χ4v) is 3.70. The summed E-state index contributed by atoms with van der Waals surface area (Å²) < 4.78 is 0. The Labute approximate surface area is 93.6 Å². The van der Waals surface area contributed by atoms with Gasteiger partial charge >= 0.3 is 0 Å². The molecule has 1 N–H and O–H groups in total. The van der Waals surface area contributed by atoms with Crippen molar-refractivity contribution in [2.75, 3.05) is 0 Å². The Morgan fingerprint density at radius 3 is 2.73 bits per heavy atom. The van der Waals surface area contributed by atoms with Crippen LogP contribution < -0.4 is 0 Å². The van der Waals surface area contributed by atoms with Gasteiger partial charge in [0, 0.05) is 0 Å². The zero-order valence-corrected chi connectivity index (χ0v) is 10.1. The molecule has 0 amide bonds. The molecule has 0 saturated heterocycles. The van der Waals surface area contributed by atoms with Gasteiger partial charge < -0.3 is 5.11 Å². The molecule has 0 aromatic rings. The second-order valence-electron chi connectivity index (χ2n) is 5.97. The first-order valence-corrected chi connectivity index (χ1v) is 6.38. The van der Waals surface area contributed by atoms with Crippen molar-refractivity contribution >= 4 is 0 Å². The molecule has 0 heterocycles. The molecule has 0 aliphatic heterocycles. The van der Waals surface area contributed by atoms with Gasteiger partial charge in [0.15, 0.2) is 0 Å². The molecule has 0 radical (unpaired) electrons. The lowest BCUT2D eigenvalue weighted by Crippen LogP contribution is -2.45. The molecule has 2 aliphatic rings. The van der Waals surface area contributed by atoms with E-state index in [1.165, 1.54) is 37.7 Å². The third kappa shape index (κ3) is 2.13. The molecule has 2 rings (SSSR count). The van der Waals surface area contributed by atoms with Crippen LogP contribution in [0.2, 0.25) is 0 Å². The van der Waals surface area contributed by atoms with E-state index in [0.29, 0.717) is 11.8 Å². The molecule has 0 aromatic carbocycles. The standard InChI is InChI=1S/C14H24O/c1-10(2)12-7-6-11-5-4-8-14(3,15)13(11)9-12/h11-13,15H,1,4-9H2,2-3H3/t11-,12+,13+,14+/m1/s1. The van der Waals surface area contributed by atoms with Crippen LogP contribution in [0.4, 0.5) is 0 Å². The van der Waals surface area contributed by atoms with Gasteiger partial charge in [-0.3, -0.25) is 0 Å². The molecule has 1 nitrogen and oxygen atoms in total. The lowest BCUT2D eigenvalue weighted by Gasteiger charge is -2.47. The fraction of sp³-hybridized carbons (Fsp3) is 0.857. The van der Waals surface area contributed by atoms with Crippen LogP contribution in [0.5, 0.6) is 0 Å². The molecule has 0 spiro atoms. The quantitative estimate of drug-likeness (QED) is 0.654. The predicted octanol–water partition coefficient (Wildman–Crippen LogP) is 3.53. The van der Waals surface area contributed by atoms with Crippen molar-refractivity contribution in [1.82, 2.24) is 0 Å². The number of hydrogen-bond donors (Lipinski definition) is 1. The highest BCUT2D eigenvalue weighted by atomic mass is 16.3. The van der Waals surface area contributed by atoms with Crippen LogP contribution in [0.15, 0.2) is 12.2 Å². The van der Waals surface area contributed by atoms with Crippen molar-refractivity contribution in [3.05, 3.63) is 12.2 Å². The smallest absolute Gasteiger partial charge is 0.0650 e. The summed E-state index contributed by atoms with van der Waals surface area (Å²) in [4.78, 5) is 0. The minimum atomic E-state index is -0.406. The second-order valence-corrected chi connectivity index (χ2v) is 5.97. The summed E-state index contributed by atoms with van der Waals surface area (Å²) >= 11 is 0. The lowest BCUT2D eigenvalue weighted by molar-refractivity contribution is -0.0805. The first kappa shape index (κ1) is 11.2. The van der Waals surface area contributed by atoms with E-state index < -0.39 is 5.60 Å². The van der Waals surface area contributed by atoms with E-state index in [1.54, 1.807) is 0 Å². The molecule has 0 unspecified atom stereocenters. The first-order chi connectivity index (χ1) is 7.00. The van der Waals surface area contributed by atoms with Gasteiger partial charge in [-0.1, -0.05) is 18.6 Å². The Hall–Kier alpha value is -0.300. The highest BCUT2D eigenvalue weighted by Gasteiger charge is 2.43. The number of rotatable bonds is 1. The molecule has 86 valence electrons. The second kappa shape index (κ2) is 3.93. The zero-order chi connectivity index (χ0) is 11.1. The minimum absolute atomic E-state index is 0.406. The summed E-state index contributed by atoms with van der Waals surface area (Å²) in [5.74, 6) is 1.97. The highest BCUT2D eigenvalue weighted by molar-refractivity contribution is 5.03. The Morgan fingerprint density at radius 2 is 2.07 bits per heavy atom. The van der Waals surface area contributed by atoms with Crippen molar-refractivity contribution in [1.29, 1.82) is 0 Å². The van der Waals surface area contributed by atoms with Crippen LogP contribution in [-0.2, 0) is 0 Å². The summed E-state index contributed by atoms with van der Waals surface area (Å²) in [5.41, 5.74) is 0.909. The van der Waals surface area contributed by atoms with Gasteiger partial charge in [-0.2, -0.15) is 0 Å². The largest absolute Gasteiger partial charge is 0.390 e. The minimum Gasteiger partial charge on any atom is -0.390 e. The monoisotopic (exact) mass is 208 g/mol. The molecule has 2 aliphatic carbocycles. The van der Waals surface area contributed by atoms with Gasteiger partial charge in [0.05, 0.1) is 5.60 Å². The van der Waals surface area contributed by atoms with Crippen LogP contribution in [0.3, 0.4) is 0 Å². The van der Waals surface area contributed by atoms with E-state index >= 15 is 0 Å². The third-order valence-corrected chi connectivity index (χ3v) is 4.75. The van der Waals surface area contributed by atoms with Crippen LogP contribution in [-0.4, -0.2) is 10.7 Å². The van der Waals surface area contributed by atoms with Gasteiger partial charge in [0.1, 0.15) is 0 Å². The Balaban J connectivity index is 2.10. The van der Waals surface area contributed by atoms with Gasteiger partial charge in [-0.15, -0.1) is 0 Å². The number of fused-ring (bicyclic) bond motifs is 1. The third-order valence-electron chi connectivity index (χ3n) is 4.75. The van der Waals surface area contributed by atoms with E-state index in [-0.39, 0.29) is 0 Å². The van der Waals surface area contributed by atoms with Gasteiger partial charge in [-0.05, 0) is 63.7 Å². The molecule has 0 aromatic heterocycles. The van der Waals surface area contributed by atoms with Crippen molar-refractivity contribution in [3.8, 4) is 0 Å². The summed E-state index contributed by atoms with van der Waals surface area (Å²) in [7, 11) is 0. The average molecular weight is 208 g/mol. The van der Waals surface area contributed by atoms with E-state index in [2.05, 4.69) is 13.5 Å². The number of aliphatic hydroxyl groups is 1. The van der Waals surface area contributed by atoms with E-state index in [4.69, 9.17) is 0 Å². The van der Waals surface area contributed by atoms with Crippen LogP contribution >= 0.6 is 0 Å². The molecule has 4 atom stereocenters. The zero-order valence-electron chi connectivity index (χ0n) is 10.1. The van der Waals surface area contributed by atoms with Gasteiger partial charge in [0.2, 0.25) is 0 Å². The normalized spacial score (nSPS) is 45.9. The van der Waals surface area contributed by atoms with Gasteiger partial charge in [0.25, 0.3) is 0 Å². The van der Waals surface area contributed by atoms with Crippen molar-refractivity contribution in [3.63, 3.8) is 0 Å². The maximum absolute atomic E-state index is 10.4. The lowest BCUT2D eigenvalue weighted by atomic mass is 9.60. The molecular formula is C14H24O. The molecule has 2 fully saturated rings. The maximum Gasteiger partial charge on any atom is 0.0650 e. The number of allylic oxidation sites excluding steroid dienone is 1. The molecule has 1 heteroatoms. The van der Waals surface area contributed by atoms with Crippen LogP contribution in [0, 0.1) is 17.8 Å². The summed E-state index contributed by atoms with van der Waals surface area (Å²) in [6.45, 7) is 8.27. The van der Waals surface area contributed by atoms with E-state index in [0.717, 1.165) is 12.3 Å². The molecular weight excluding hydrogens is 184 g/mol. The fourth-order valence-electron chi connectivity index (χ4n) is 3.70. The molecule has 0 bridgehead atoms. The summed E-state index contributed by atoms with van der Waals surface area (Å²) in [6, 6.07) is 0. The van der Waals surface area contributed by atoms with Crippen molar-refractivity contribution in [2.24, 2.45) is 17.8 Å². The van der Waals surface area contributed by atoms with Crippen molar-refractivity contribution in [2.45, 2.75) is 58.0 Å². The Morgan fingerprint density at radius 1 is 1.33 bits per heavy atom. The molecule has 2 saturated carbocycles. The maximum atomic E-state index is 10.4. The summed E-state index contributed by atoms with van der Waals surface area (Å²) in [5, 5.41) is 10.4. The number of hydrogen-bond acceptors (Lipinski definition) is 1. The van der Waals surface area contributed by atoms with Gasteiger partial charge in [-0.25, -0.2) is 0 Å². The first-order valence-electron chi connectivity index (χ1n) is 6.38.